The molecule has 1 aromatic carbocycles. The Hall–Kier alpha value is -0.870. The van der Waals surface area contributed by atoms with Gasteiger partial charge in [-0.05, 0) is 35.9 Å². The molecule has 0 bridgehead atoms. The summed E-state index contributed by atoms with van der Waals surface area (Å²) in [6, 6.07) is 6.69. The third kappa shape index (κ3) is 4.32. The van der Waals surface area contributed by atoms with Crippen LogP contribution in [0.25, 0.3) is 0 Å². The van der Waals surface area contributed by atoms with Gasteiger partial charge in [0.05, 0.1) is 0 Å². The van der Waals surface area contributed by atoms with Crippen molar-refractivity contribution < 1.29 is 9.47 Å². The van der Waals surface area contributed by atoms with Crippen molar-refractivity contribution >= 4 is 11.8 Å². The number of benzene rings is 1. The molecule has 1 heterocycles. The average molecular weight is 295 g/mol. The summed E-state index contributed by atoms with van der Waals surface area (Å²) in [5.74, 6) is 2.83. The Bertz CT molecular complexity index is 423. The monoisotopic (exact) mass is 295 g/mol. The van der Waals surface area contributed by atoms with Crippen molar-refractivity contribution in [1.82, 2.24) is 5.32 Å². The van der Waals surface area contributed by atoms with Crippen molar-refractivity contribution in [2.45, 2.75) is 38.5 Å². The maximum absolute atomic E-state index is 5.68. The SMILES string of the molecule is CCCNC(CSC(C)C)c1ccc2c(c1)OCCO2. The summed E-state index contributed by atoms with van der Waals surface area (Å²) in [5.41, 5.74) is 1.29. The maximum atomic E-state index is 5.68. The minimum Gasteiger partial charge on any atom is -0.486 e. The van der Waals surface area contributed by atoms with Crippen LogP contribution in [0.5, 0.6) is 11.5 Å². The molecule has 3 nitrogen and oxygen atoms in total. The van der Waals surface area contributed by atoms with E-state index in [4.69, 9.17) is 9.47 Å². The van der Waals surface area contributed by atoms with Crippen LogP contribution in [0, 0.1) is 0 Å². The van der Waals surface area contributed by atoms with Crippen molar-refractivity contribution in [2.75, 3.05) is 25.5 Å². The van der Waals surface area contributed by atoms with E-state index in [-0.39, 0.29) is 0 Å². The summed E-state index contributed by atoms with van der Waals surface area (Å²) in [7, 11) is 0. The van der Waals surface area contributed by atoms with Gasteiger partial charge in [-0.15, -0.1) is 0 Å². The Morgan fingerprint density at radius 1 is 1.20 bits per heavy atom. The normalized spacial score (nSPS) is 15.4. The van der Waals surface area contributed by atoms with E-state index in [2.05, 4.69) is 38.2 Å². The van der Waals surface area contributed by atoms with Gasteiger partial charge in [-0.1, -0.05) is 26.8 Å². The highest BCUT2D eigenvalue weighted by atomic mass is 32.2. The quantitative estimate of drug-likeness (QED) is 0.832. The third-order valence-electron chi connectivity index (χ3n) is 3.21. The second kappa shape index (κ2) is 7.79. The van der Waals surface area contributed by atoms with Crippen molar-refractivity contribution in [3.63, 3.8) is 0 Å². The number of nitrogens with one attached hydrogen (secondary N) is 1. The van der Waals surface area contributed by atoms with Crippen LogP contribution in [0.3, 0.4) is 0 Å². The fourth-order valence-corrected chi connectivity index (χ4v) is 3.04. The molecule has 0 saturated carbocycles. The summed E-state index contributed by atoms with van der Waals surface area (Å²) >= 11 is 1.99. The second-order valence-corrected chi connectivity index (χ2v) is 6.90. The summed E-state index contributed by atoms with van der Waals surface area (Å²) in [6.07, 6.45) is 1.15. The van der Waals surface area contributed by atoms with E-state index < -0.39 is 0 Å². The molecule has 112 valence electrons. The van der Waals surface area contributed by atoms with E-state index in [0.717, 1.165) is 30.2 Å². The number of fused-ring (bicyclic) bond motifs is 1. The molecule has 1 aliphatic rings. The standard InChI is InChI=1S/C16H25NO2S/c1-4-7-17-14(11-20-12(2)3)13-5-6-15-16(10-13)19-9-8-18-15/h5-6,10,12,14,17H,4,7-9,11H2,1-3H3. The van der Waals surface area contributed by atoms with Crippen molar-refractivity contribution in [3.05, 3.63) is 23.8 Å². The van der Waals surface area contributed by atoms with Gasteiger partial charge in [0, 0.05) is 11.8 Å². The van der Waals surface area contributed by atoms with Gasteiger partial charge in [-0.2, -0.15) is 11.8 Å². The predicted molar refractivity (Wildman–Crippen MR) is 86.1 cm³/mol. The van der Waals surface area contributed by atoms with E-state index >= 15 is 0 Å². The Morgan fingerprint density at radius 2 is 1.95 bits per heavy atom. The Balaban J connectivity index is 2.10. The van der Waals surface area contributed by atoms with Crippen LogP contribution in [0.15, 0.2) is 18.2 Å². The molecule has 0 spiro atoms. The zero-order valence-corrected chi connectivity index (χ0v) is 13.5. The lowest BCUT2D eigenvalue weighted by Gasteiger charge is -2.23. The summed E-state index contributed by atoms with van der Waals surface area (Å²) in [4.78, 5) is 0. The Labute approximate surface area is 126 Å². The molecular weight excluding hydrogens is 270 g/mol. The topological polar surface area (TPSA) is 30.5 Å². The predicted octanol–water partition coefficient (Wildman–Crippen LogP) is 3.64. The highest BCUT2D eigenvalue weighted by Gasteiger charge is 2.17. The van der Waals surface area contributed by atoms with Gasteiger partial charge in [0.2, 0.25) is 0 Å². The van der Waals surface area contributed by atoms with Gasteiger partial charge in [0.25, 0.3) is 0 Å². The number of rotatable bonds is 7. The molecule has 0 aromatic heterocycles. The molecule has 2 rings (SSSR count). The Morgan fingerprint density at radius 3 is 2.65 bits per heavy atom. The van der Waals surface area contributed by atoms with Crippen LogP contribution in [0.1, 0.15) is 38.8 Å². The number of hydrogen-bond donors (Lipinski definition) is 1. The van der Waals surface area contributed by atoms with E-state index in [1.807, 2.05) is 17.8 Å². The molecule has 0 aliphatic carbocycles. The largest absolute Gasteiger partial charge is 0.486 e. The highest BCUT2D eigenvalue weighted by molar-refractivity contribution is 7.99. The van der Waals surface area contributed by atoms with Gasteiger partial charge in [0.1, 0.15) is 13.2 Å². The first-order valence-corrected chi connectivity index (χ1v) is 8.50. The van der Waals surface area contributed by atoms with Crippen molar-refractivity contribution in [2.24, 2.45) is 0 Å². The third-order valence-corrected chi connectivity index (χ3v) is 4.40. The lowest BCUT2D eigenvalue weighted by atomic mass is 10.1. The lowest BCUT2D eigenvalue weighted by Crippen LogP contribution is -2.25. The molecule has 1 aromatic rings. The van der Waals surface area contributed by atoms with Gasteiger partial charge in [-0.3, -0.25) is 0 Å². The minimum atomic E-state index is 0.373. The van der Waals surface area contributed by atoms with Crippen LogP contribution in [-0.2, 0) is 0 Å². The molecule has 0 saturated heterocycles. The average Bonchev–Trinajstić information content (AvgIpc) is 2.46. The zero-order chi connectivity index (χ0) is 14.4. The molecule has 1 atom stereocenters. The molecular formula is C16H25NO2S. The molecule has 0 fully saturated rings. The van der Waals surface area contributed by atoms with Crippen LogP contribution < -0.4 is 14.8 Å². The van der Waals surface area contributed by atoms with Crippen molar-refractivity contribution in [1.29, 1.82) is 0 Å². The maximum Gasteiger partial charge on any atom is 0.161 e. The Kier molecular flexibility index (Phi) is 6.05. The first-order chi connectivity index (χ1) is 9.70. The van der Waals surface area contributed by atoms with Crippen LogP contribution in [0.2, 0.25) is 0 Å². The molecule has 0 radical (unpaired) electrons. The molecule has 0 amide bonds. The van der Waals surface area contributed by atoms with Crippen LogP contribution in [-0.4, -0.2) is 30.8 Å². The van der Waals surface area contributed by atoms with E-state index in [1.54, 1.807) is 0 Å². The molecule has 1 unspecified atom stereocenters. The van der Waals surface area contributed by atoms with Gasteiger partial charge >= 0.3 is 0 Å². The van der Waals surface area contributed by atoms with E-state index in [9.17, 15) is 0 Å². The molecule has 1 aliphatic heterocycles. The second-order valence-electron chi connectivity index (χ2n) is 5.29. The number of thioether (sulfide) groups is 1. The highest BCUT2D eigenvalue weighted by Crippen LogP contribution is 2.33. The molecule has 4 heteroatoms. The smallest absolute Gasteiger partial charge is 0.161 e. The minimum absolute atomic E-state index is 0.373. The van der Waals surface area contributed by atoms with Gasteiger partial charge in [0.15, 0.2) is 11.5 Å². The summed E-state index contributed by atoms with van der Waals surface area (Å²) in [6.45, 7) is 9.01. The number of ether oxygens (including phenoxy) is 2. The van der Waals surface area contributed by atoms with Gasteiger partial charge < -0.3 is 14.8 Å². The summed E-state index contributed by atoms with van der Waals surface area (Å²) < 4.78 is 11.3. The fourth-order valence-electron chi connectivity index (χ4n) is 2.16. The molecule has 1 N–H and O–H groups in total. The van der Waals surface area contributed by atoms with Crippen LogP contribution in [0.4, 0.5) is 0 Å². The summed E-state index contributed by atoms with van der Waals surface area (Å²) in [5, 5.41) is 4.28. The number of hydrogen-bond acceptors (Lipinski definition) is 4. The first kappa shape index (κ1) is 15.5. The van der Waals surface area contributed by atoms with E-state index in [0.29, 0.717) is 24.5 Å². The van der Waals surface area contributed by atoms with Crippen molar-refractivity contribution in [3.8, 4) is 11.5 Å². The zero-order valence-electron chi connectivity index (χ0n) is 12.6. The molecule has 20 heavy (non-hydrogen) atoms. The first-order valence-electron chi connectivity index (χ1n) is 7.45. The lowest BCUT2D eigenvalue weighted by molar-refractivity contribution is 0.171. The van der Waals surface area contributed by atoms with Crippen LogP contribution >= 0.6 is 11.8 Å². The van der Waals surface area contributed by atoms with E-state index in [1.165, 1.54) is 5.56 Å². The fraction of sp³-hybridized carbons (Fsp3) is 0.625. The van der Waals surface area contributed by atoms with Gasteiger partial charge in [-0.25, -0.2) is 0 Å².